The third kappa shape index (κ3) is 4.26. The molecule has 0 spiro atoms. The molecule has 126 valence electrons. The molecular weight excluding hydrogens is 345 g/mol. The fraction of sp³-hybridized carbons (Fsp3) is 0.333. The molecule has 0 bridgehead atoms. The summed E-state index contributed by atoms with van der Waals surface area (Å²) < 4.78 is 0. The molecule has 2 aromatic rings. The predicted molar refractivity (Wildman–Crippen MR) is 96.3 cm³/mol. The number of amides is 1. The third-order valence-electron chi connectivity index (χ3n) is 4.27. The monoisotopic (exact) mass is 363 g/mol. The van der Waals surface area contributed by atoms with Gasteiger partial charge in [0.1, 0.15) is 0 Å². The van der Waals surface area contributed by atoms with Crippen LogP contribution in [0.5, 0.6) is 0 Å². The highest BCUT2D eigenvalue weighted by Gasteiger charge is 2.22. The van der Waals surface area contributed by atoms with Gasteiger partial charge >= 0.3 is 0 Å². The Bertz CT molecular complexity index is 680. The Morgan fingerprint density at radius 2 is 1.62 bits per heavy atom. The Morgan fingerprint density at radius 3 is 2.25 bits per heavy atom. The fourth-order valence-corrected chi connectivity index (χ4v) is 3.40. The van der Waals surface area contributed by atoms with Crippen LogP contribution in [-0.4, -0.2) is 46.9 Å². The molecule has 1 amide bonds. The molecule has 1 aromatic heterocycles. The lowest BCUT2D eigenvalue weighted by Crippen LogP contribution is -2.48. The van der Waals surface area contributed by atoms with E-state index in [4.69, 9.17) is 23.2 Å². The molecule has 2 heterocycles. The van der Waals surface area contributed by atoms with Gasteiger partial charge in [0, 0.05) is 55.2 Å². The minimum atomic E-state index is 0.0774. The minimum Gasteiger partial charge on any atom is -0.340 e. The summed E-state index contributed by atoms with van der Waals surface area (Å²) in [5, 5.41) is 1.10. The number of hydrogen-bond donors (Lipinski definition) is 0. The van der Waals surface area contributed by atoms with E-state index in [9.17, 15) is 4.79 Å². The number of halogens is 2. The highest BCUT2D eigenvalue weighted by Crippen LogP contribution is 2.25. The van der Waals surface area contributed by atoms with E-state index in [-0.39, 0.29) is 12.3 Å². The molecular formula is C18H19Cl2N3O. The molecule has 4 nitrogen and oxygen atoms in total. The second-order valence-electron chi connectivity index (χ2n) is 5.89. The van der Waals surface area contributed by atoms with Gasteiger partial charge in [0.2, 0.25) is 5.91 Å². The summed E-state index contributed by atoms with van der Waals surface area (Å²) in [5.41, 5.74) is 1.96. The highest BCUT2D eigenvalue weighted by molar-refractivity contribution is 6.36. The van der Waals surface area contributed by atoms with E-state index in [1.807, 2.05) is 29.4 Å². The van der Waals surface area contributed by atoms with Gasteiger partial charge in [-0.05, 0) is 35.4 Å². The van der Waals surface area contributed by atoms with Crippen LogP contribution in [0.1, 0.15) is 11.1 Å². The first-order valence-electron chi connectivity index (χ1n) is 7.95. The van der Waals surface area contributed by atoms with E-state index in [2.05, 4.69) is 9.88 Å². The summed E-state index contributed by atoms with van der Waals surface area (Å²) in [7, 11) is 0. The molecule has 1 saturated heterocycles. The molecule has 6 heteroatoms. The van der Waals surface area contributed by atoms with E-state index >= 15 is 0 Å². The lowest BCUT2D eigenvalue weighted by atomic mass is 10.1. The predicted octanol–water partition coefficient (Wildman–Crippen LogP) is 3.28. The van der Waals surface area contributed by atoms with Gasteiger partial charge in [-0.15, -0.1) is 0 Å². The van der Waals surface area contributed by atoms with E-state index < -0.39 is 0 Å². The zero-order valence-electron chi connectivity index (χ0n) is 13.3. The Morgan fingerprint density at radius 1 is 1.00 bits per heavy atom. The second-order valence-corrected chi connectivity index (χ2v) is 6.70. The van der Waals surface area contributed by atoms with Crippen molar-refractivity contribution in [1.82, 2.24) is 14.8 Å². The van der Waals surface area contributed by atoms with Crippen LogP contribution in [-0.2, 0) is 17.8 Å². The maximum absolute atomic E-state index is 12.5. The standard InChI is InChI=1S/C18H19Cl2N3O/c19-16-2-1-3-17(20)15(16)12-18(24)23-10-8-22(9-11-23)13-14-4-6-21-7-5-14/h1-7H,8-13H2. The average molecular weight is 364 g/mol. The summed E-state index contributed by atoms with van der Waals surface area (Å²) in [6.45, 7) is 4.08. The van der Waals surface area contributed by atoms with Crippen LogP contribution < -0.4 is 0 Å². The van der Waals surface area contributed by atoms with Crippen molar-refractivity contribution in [3.8, 4) is 0 Å². The van der Waals surface area contributed by atoms with Crippen LogP contribution in [0.15, 0.2) is 42.7 Å². The summed E-state index contributed by atoms with van der Waals surface area (Å²) >= 11 is 12.3. The first kappa shape index (κ1) is 17.2. The molecule has 1 aromatic carbocycles. The number of carbonyl (C=O) groups is 1. The Balaban J connectivity index is 1.54. The van der Waals surface area contributed by atoms with Crippen LogP contribution >= 0.6 is 23.2 Å². The zero-order chi connectivity index (χ0) is 16.9. The number of carbonyl (C=O) groups excluding carboxylic acids is 1. The second kappa shape index (κ2) is 7.97. The number of pyridine rings is 1. The van der Waals surface area contributed by atoms with Crippen molar-refractivity contribution in [2.24, 2.45) is 0 Å². The number of piperazine rings is 1. The van der Waals surface area contributed by atoms with Crippen molar-refractivity contribution in [2.45, 2.75) is 13.0 Å². The molecule has 3 rings (SSSR count). The van der Waals surface area contributed by atoms with Crippen molar-refractivity contribution < 1.29 is 4.79 Å². The van der Waals surface area contributed by atoms with Crippen LogP contribution in [0.2, 0.25) is 10.0 Å². The van der Waals surface area contributed by atoms with Gasteiger partial charge in [0.25, 0.3) is 0 Å². The zero-order valence-corrected chi connectivity index (χ0v) is 14.8. The number of hydrogen-bond acceptors (Lipinski definition) is 3. The summed E-state index contributed by atoms with van der Waals surface area (Å²) in [5.74, 6) is 0.0774. The Hall–Kier alpha value is -1.62. The lowest BCUT2D eigenvalue weighted by Gasteiger charge is -2.35. The SMILES string of the molecule is O=C(Cc1c(Cl)cccc1Cl)N1CCN(Cc2ccncc2)CC1. The van der Waals surface area contributed by atoms with Crippen molar-refractivity contribution in [1.29, 1.82) is 0 Å². The Kier molecular flexibility index (Phi) is 5.72. The third-order valence-corrected chi connectivity index (χ3v) is 4.98. The van der Waals surface area contributed by atoms with Crippen molar-refractivity contribution in [2.75, 3.05) is 26.2 Å². The summed E-state index contributed by atoms with van der Waals surface area (Å²) in [6, 6.07) is 9.37. The molecule has 1 aliphatic heterocycles. The molecule has 0 saturated carbocycles. The van der Waals surface area contributed by atoms with E-state index in [0.717, 1.165) is 32.7 Å². The van der Waals surface area contributed by atoms with Gasteiger partial charge < -0.3 is 4.90 Å². The number of aromatic nitrogens is 1. The minimum absolute atomic E-state index is 0.0774. The number of nitrogens with zero attached hydrogens (tertiary/aromatic N) is 3. The largest absolute Gasteiger partial charge is 0.340 e. The van der Waals surface area contributed by atoms with Gasteiger partial charge in [-0.1, -0.05) is 29.3 Å². The highest BCUT2D eigenvalue weighted by atomic mass is 35.5. The van der Waals surface area contributed by atoms with Crippen molar-refractivity contribution in [3.05, 3.63) is 63.9 Å². The first-order chi connectivity index (χ1) is 11.6. The maximum atomic E-state index is 12.5. The number of benzene rings is 1. The lowest BCUT2D eigenvalue weighted by molar-refractivity contribution is -0.132. The summed E-state index contributed by atoms with van der Waals surface area (Å²) in [6.07, 6.45) is 3.87. The van der Waals surface area contributed by atoms with E-state index in [1.165, 1.54) is 5.56 Å². The van der Waals surface area contributed by atoms with Gasteiger partial charge in [-0.3, -0.25) is 14.7 Å². The molecule has 0 radical (unpaired) electrons. The molecule has 0 atom stereocenters. The topological polar surface area (TPSA) is 36.4 Å². The van der Waals surface area contributed by atoms with E-state index in [0.29, 0.717) is 15.6 Å². The van der Waals surface area contributed by atoms with E-state index in [1.54, 1.807) is 18.2 Å². The van der Waals surface area contributed by atoms with Crippen LogP contribution in [0.25, 0.3) is 0 Å². The first-order valence-corrected chi connectivity index (χ1v) is 8.71. The molecule has 24 heavy (non-hydrogen) atoms. The van der Waals surface area contributed by atoms with Gasteiger partial charge in [0.15, 0.2) is 0 Å². The van der Waals surface area contributed by atoms with Crippen LogP contribution in [0.3, 0.4) is 0 Å². The molecule has 0 aliphatic carbocycles. The van der Waals surface area contributed by atoms with Crippen LogP contribution in [0, 0.1) is 0 Å². The maximum Gasteiger partial charge on any atom is 0.227 e. The van der Waals surface area contributed by atoms with Gasteiger partial charge in [-0.25, -0.2) is 0 Å². The van der Waals surface area contributed by atoms with Crippen molar-refractivity contribution >= 4 is 29.1 Å². The smallest absolute Gasteiger partial charge is 0.227 e. The van der Waals surface area contributed by atoms with Gasteiger partial charge in [-0.2, -0.15) is 0 Å². The molecule has 1 aliphatic rings. The average Bonchev–Trinajstić information content (AvgIpc) is 2.60. The fourth-order valence-electron chi connectivity index (χ4n) is 2.87. The number of rotatable bonds is 4. The quantitative estimate of drug-likeness (QED) is 0.836. The molecule has 0 N–H and O–H groups in total. The van der Waals surface area contributed by atoms with Crippen molar-refractivity contribution in [3.63, 3.8) is 0 Å². The van der Waals surface area contributed by atoms with Crippen LogP contribution in [0.4, 0.5) is 0 Å². The Labute approximate surface area is 152 Å². The molecule has 1 fully saturated rings. The summed E-state index contributed by atoms with van der Waals surface area (Å²) in [4.78, 5) is 20.8. The molecule has 0 unspecified atom stereocenters. The van der Waals surface area contributed by atoms with Gasteiger partial charge in [0.05, 0.1) is 6.42 Å². The normalized spacial score (nSPS) is 15.5.